The third kappa shape index (κ3) is 9.20. The van der Waals surface area contributed by atoms with Gasteiger partial charge >= 0.3 is 24.3 Å². The van der Waals surface area contributed by atoms with Gasteiger partial charge in [-0.3, -0.25) is 14.8 Å². The molecule has 0 saturated carbocycles. The van der Waals surface area contributed by atoms with Crippen LogP contribution >= 0.6 is 0 Å². The van der Waals surface area contributed by atoms with E-state index >= 15 is 0 Å². The quantitative estimate of drug-likeness (QED) is 0.319. The summed E-state index contributed by atoms with van der Waals surface area (Å²) in [6, 6.07) is 13.4. The van der Waals surface area contributed by atoms with Crippen LogP contribution in [0.3, 0.4) is 0 Å². The van der Waals surface area contributed by atoms with E-state index in [1.165, 1.54) is 0 Å². The Balaban J connectivity index is 0.000000303. The smallest absolute Gasteiger partial charge is 0.475 e. The first-order valence-corrected chi connectivity index (χ1v) is 12.2. The molecule has 228 valence electrons. The molecule has 0 aliphatic carbocycles. The average molecular weight is 612 g/mol. The van der Waals surface area contributed by atoms with Crippen LogP contribution in [0.4, 0.5) is 26.3 Å². The SMILES string of the molecule is O=C(O)C(F)(F)F.O=C(O)C(F)(F)F.O=C(c1ccccn1)N1CCCC(c2nc3ccc(-c4cccnc4)cn3n2)C1. The van der Waals surface area contributed by atoms with Crippen molar-refractivity contribution in [1.29, 1.82) is 0 Å². The summed E-state index contributed by atoms with van der Waals surface area (Å²) in [7, 11) is 0. The first-order valence-electron chi connectivity index (χ1n) is 12.2. The van der Waals surface area contributed by atoms with E-state index in [-0.39, 0.29) is 11.8 Å². The standard InChI is InChI=1S/C22H20N6O.2C2HF3O2/c29-22(19-7-1-2-11-24-19)27-12-4-6-18(14-27)21-25-20-9-8-17(15-28(20)26-21)16-5-3-10-23-13-16;2*3-2(4,5)1(6)7/h1-3,5,7-11,13,15,18H,4,6,12,14H2;2*(H,6,7). The molecule has 1 saturated heterocycles. The average Bonchev–Trinajstić information content (AvgIpc) is 3.41. The number of rotatable bonds is 3. The predicted octanol–water partition coefficient (Wildman–Crippen LogP) is 4.47. The van der Waals surface area contributed by atoms with E-state index in [4.69, 9.17) is 29.9 Å². The Morgan fingerprint density at radius 2 is 1.53 bits per heavy atom. The van der Waals surface area contributed by atoms with Gasteiger partial charge < -0.3 is 15.1 Å². The van der Waals surface area contributed by atoms with E-state index in [1.807, 2.05) is 58.2 Å². The lowest BCUT2D eigenvalue weighted by Gasteiger charge is -2.31. The number of piperidine rings is 1. The second kappa shape index (κ2) is 13.7. The van der Waals surface area contributed by atoms with Gasteiger partial charge in [-0.25, -0.2) is 19.1 Å². The largest absolute Gasteiger partial charge is 0.490 e. The fourth-order valence-electron chi connectivity index (χ4n) is 3.80. The van der Waals surface area contributed by atoms with E-state index in [1.54, 1.807) is 18.5 Å². The van der Waals surface area contributed by atoms with Crippen LogP contribution in [0.1, 0.15) is 35.1 Å². The lowest BCUT2D eigenvalue weighted by molar-refractivity contribution is -0.193. The minimum atomic E-state index is -5.08. The van der Waals surface area contributed by atoms with Gasteiger partial charge in [-0.2, -0.15) is 31.4 Å². The van der Waals surface area contributed by atoms with Crippen molar-refractivity contribution in [3.63, 3.8) is 0 Å². The Morgan fingerprint density at radius 3 is 2.09 bits per heavy atom. The molecule has 0 spiro atoms. The molecule has 5 rings (SSSR count). The maximum atomic E-state index is 12.8. The van der Waals surface area contributed by atoms with Crippen molar-refractivity contribution >= 4 is 23.5 Å². The van der Waals surface area contributed by atoms with Crippen molar-refractivity contribution in [2.45, 2.75) is 31.1 Å². The number of hydrogen-bond acceptors (Lipinski definition) is 7. The molecular weight excluding hydrogens is 590 g/mol. The van der Waals surface area contributed by atoms with E-state index in [0.29, 0.717) is 12.2 Å². The highest BCUT2D eigenvalue weighted by Gasteiger charge is 2.39. The highest BCUT2D eigenvalue weighted by atomic mass is 19.4. The van der Waals surface area contributed by atoms with Crippen LogP contribution in [0, 0.1) is 0 Å². The predicted molar refractivity (Wildman–Crippen MR) is 136 cm³/mol. The topological polar surface area (TPSA) is 151 Å². The fraction of sp³-hybridized carbons (Fsp3) is 0.269. The molecule has 1 aliphatic rings. The number of halogens is 6. The molecule has 17 heteroatoms. The zero-order chi connectivity index (χ0) is 31.8. The molecule has 1 amide bonds. The van der Waals surface area contributed by atoms with Crippen LogP contribution in [0.2, 0.25) is 0 Å². The van der Waals surface area contributed by atoms with Crippen LogP contribution in [-0.4, -0.2) is 83.0 Å². The minimum absolute atomic E-state index is 0.0297. The summed E-state index contributed by atoms with van der Waals surface area (Å²) in [5.41, 5.74) is 3.37. The molecule has 0 radical (unpaired) electrons. The maximum Gasteiger partial charge on any atom is 0.490 e. The normalized spacial score (nSPS) is 15.0. The molecule has 0 bridgehead atoms. The number of pyridine rings is 3. The Kier molecular flexibility index (Phi) is 10.3. The molecule has 4 aromatic rings. The first kappa shape index (κ1) is 32.4. The van der Waals surface area contributed by atoms with Crippen LogP contribution in [0.5, 0.6) is 0 Å². The Hall–Kier alpha value is -5.09. The molecule has 5 heterocycles. The lowest BCUT2D eigenvalue weighted by Crippen LogP contribution is -2.39. The van der Waals surface area contributed by atoms with Crippen LogP contribution in [0.25, 0.3) is 16.8 Å². The van der Waals surface area contributed by atoms with Gasteiger partial charge in [-0.1, -0.05) is 12.1 Å². The second-order valence-electron chi connectivity index (χ2n) is 8.84. The second-order valence-corrected chi connectivity index (χ2v) is 8.84. The molecule has 1 aliphatic heterocycles. The number of nitrogens with zero attached hydrogens (tertiary/aromatic N) is 6. The van der Waals surface area contributed by atoms with E-state index in [9.17, 15) is 31.1 Å². The van der Waals surface area contributed by atoms with Gasteiger partial charge in [0.25, 0.3) is 5.91 Å². The lowest BCUT2D eigenvalue weighted by atomic mass is 9.97. The minimum Gasteiger partial charge on any atom is -0.475 e. The summed E-state index contributed by atoms with van der Waals surface area (Å²) in [6.07, 6.45) is -1.04. The molecule has 1 unspecified atom stereocenters. The number of carboxylic acid groups (broad SMARTS) is 2. The summed E-state index contributed by atoms with van der Waals surface area (Å²) in [6.45, 7) is 1.35. The van der Waals surface area contributed by atoms with Gasteiger partial charge in [0.2, 0.25) is 0 Å². The van der Waals surface area contributed by atoms with Crippen molar-refractivity contribution in [3.8, 4) is 11.1 Å². The number of amides is 1. The van der Waals surface area contributed by atoms with Gasteiger partial charge in [-0.05, 0) is 43.2 Å². The Morgan fingerprint density at radius 1 is 0.860 bits per heavy atom. The van der Waals surface area contributed by atoms with Crippen molar-refractivity contribution in [2.75, 3.05) is 13.1 Å². The fourth-order valence-corrected chi connectivity index (χ4v) is 3.80. The van der Waals surface area contributed by atoms with Gasteiger partial charge in [0.05, 0.1) is 0 Å². The molecular formula is C26H22F6N6O5. The summed E-state index contributed by atoms with van der Waals surface area (Å²) in [4.78, 5) is 45.5. The van der Waals surface area contributed by atoms with Crippen molar-refractivity contribution in [1.82, 2.24) is 29.5 Å². The molecule has 4 aromatic heterocycles. The number of hydrogen-bond donors (Lipinski definition) is 2. The molecule has 1 fully saturated rings. The third-order valence-corrected chi connectivity index (χ3v) is 5.78. The number of alkyl halides is 6. The number of aliphatic carboxylic acids is 2. The van der Waals surface area contributed by atoms with Gasteiger partial charge in [0.15, 0.2) is 11.5 Å². The summed E-state index contributed by atoms with van der Waals surface area (Å²) < 4.78 is 65.3. The number of likely N-dealkylation sites (tertiary alicyclic amines) is 1. The monoisotopic (exact) mass is 612 g/mol. The molecule has 0 aromatic carbocycles. The van der Waals surface area contributed by atoms with Crippen LogP contribution in [0.15, 0.2) is 67.3 Å². The molecule has 1 atom stereocenters. The number of carbonyl (C=O) groups is 3. The number of aromatic nitrogens is 5. The van der Waals surface area contributed by atoms with Crippen molar-refractivity contribution in [2.24, 2.45) is 0 Å². The molecule has 2 N–H and O–H groups in total. The maximum absolute atomic E-state index is 12.8. The zero-order valence-corrected chi connectivity index (χ0v) is 21.8. The van der Waals surface area contributed by atoms with E-state index < -0.39 is 24.3 Å². The van der Waals surface area contributed by atoms with E-state index in [2.05, 4.69) is 9.97 Å². The molecule has 43 heavy (non-hydrogen) atoms. The number of carbonyl (C=O) groups excluding carboxylic acids is 1. The van der Waals surface area contributed by atoms with Crippen molar-refractivity contribution < 1.29 is 50.9 Å². The summed E-state index contributed by atoms with van der Waals surface area (Å²) >= 11 is 0. The molecule has 11 nitrogen and oxygen atoms in total. The van der Waals surface area contributed by atoms with Gasteiger partial charge in [0, 0.05) is 54.9 Å². The van der Waals surface area contributed by atoms with E-state index in [0.717, 1.165) is 42.0 Å². The number of fused-ring (bicyclic) bond motifs is 1. The highest BCUT2D eigenvalue weighted by molar-refractivity contribution is 5.92. The zero-order valence-electron chi connectivity index (χ0n) is 21.8. The number of carboxylic acids is 2. The summed E-state index contributed by atoms with van der Waals surface area (Å²) in [5, 5.41) is 19.0. The summed E-state index contributed by atoms with van der Waals surface area (Å²) in [5.74, 6) is -4.64. The van der Waals surface area contributed by atoms with Crippen LogP contribution in [-0.2, 0) is 9.59 Å². The Labute approximate surface area is 238 Å². The third-order valence-electron chi connectivity index (χ3n) is 5.78. The van der Waals surface area contributed by atoms with Crippen LogP contribution < -0.4 is 0 Å². The first-order chi connectivity index (χ1) is 20.2. The van der Waals surface area contributed by atoms with Gasteiger partial charge in [-0.15, -0.1) is 0 Å². The highest BCUT2D eigenvalue weighted by Crippen LogP contribution is 2.27. The Bertz CT molecular complexity index is 1520. The van der Waals surface area contributed by atoms with Crippen molar-refractivity contribution in [3.05, 3.63) is 78.8 Å². The van der Waals surface area contributed by atoms with Gasteiger partial charge in [0.1, 0.15) is 5.69 Å².